The number of amides is 1. The quantitative estimate of drug-likeness (QED) is 0.457. The van der Waals surface area contributed by atoms with E-state index in [0.29, 0.717) is 16.4 Å². The van der Waals surface area contributed by atoms with Crippen LogP contribution in [-0.2, 0) is 4.79 Å². The number of aryl methyl sites for hydroxylation is 2. The molecule has 0 aliphatic heterocycles. The molecule has 144 valence electrons. The summed E-state index contributed by atoms with van der Waals surface area (Å²) in [5.74, 6) is -0.0547. The maximum absolute atomic E-state index is 12.7. The van der Waals surface area contributed by atoms with Crippen LogP contribution in [-0.4, -0.2) is 26.9 Å². The van der Waals surface area contributed by atoms with Crippen LogP contribution in [0.3, 0.4) is 0 Å². The van der Waals surface area contributed by atoms with Crippen LogP contribution in [0.25, 0.3) is 0 Å². The zero-order chi connectivity index (χ0) is 20.4. The number of anilines is 1. The van der Waals surface area contributed by atoms with Gasteiger partial charge in [0.05, 0.1) is 5.25 Å². The highest BCUT2D eigenvalue weighted by Crippen LogP contribution is 2.25. The van der Waals surface area contributed by atoms with Gasteiger partial charge < -0.3 is 5.32 Å². The van der Waals surface area contributed by atoms with Gasteiger partial charge in [0, 0.05) is 28.1 Å². The summed E-state index contributed by atoms with van der Waals surface area (Å²) in [4.78, 5) is 33.7. The summed E-state index contributed by atoms with van der Waals surface area (Å²) in [5.41, 5.74) is 3.76. The molecule has 0 aliphatic rings. The van der Waals surface area contributed by atoms with E-state index in [2.05, 4.69) is 15.3 Å². The van der Waals surface area contributed by atoms with E-state index in [1.54, 1.807) is 24.3 Å². The lowest BCUT2D eigenvalue weighted by molar-refractivity contribution is -0.123. The van der Waals surface area contributed by atoms with Crippen molar-refractivity contribution in [2.24, 2.45) is 5.41 Å². The second-order valence-electron chi connectivity index (χ2n) is 7.71. The number of benzene rings is 1. The monoisotopic (exact) mass is 385 g/mol. The second-order valence-corrected chi connectivity index (χ2v) is 9.02. The largest absolute Gasteiger partial charge is 0.326 e. The summed E-state index contributed by atoms with van der Waals surface area (Å²) in [6.07, 6.45) is 0. The lowest BCUT2D eigenvalue weighted by Crippen LogP contribution is -2.27. The number of hydrogen-bond acceptors (Lipinski definition) is 5. The molecule has 0 fully saturated rings. The molecule has 0 saturated heterocycles. The van der Waals surface area contributed by atoms with Crippen LogP contribution in [0, 0.1) is 26.2 Å². The maximum atomic E-state index is 12.7. The van der Waals surface area contributed by atoms with Crippen LogP contribution in [0.2, 0.25) is 0 Å². The first-order valence-corrected chi connectivity index (χ1v) is 9.81. The molecule has 1 amide bonds. The molecule has 1 heterocycles. The van der Waals surface area contributed by atoms with Crippen molar-refractivity contribution >= 4 is 29.1 Å². The molecule has 0 saturated carbocycles. The number of carbonyl (C=O) groups is 2. The third-order valence-corrected chi connectivity index (χ3v) is 5.33. The van der Waals surface area contributed by atoms with Crippen molar-refractivity contribution in [1.82, 2.24) is 9.97 Å². The van der Waals surface area contributed by atoms with E-state index in [1.807, 2.05) is 48.5 Å². The highest BCUT2D eigenvalue weighted by atomic mass is 32.2. The first-order chi connectivity index (χ1) is 12.5. The van der Waals surface area contributed by atoms with Gasteiger partial charge in [0.2, 0.25) is 5.91 Å². The van der Waals surface area contributed by atoms with E-state index in [-0.39, 0.29) is 16.9 Å². The molecule has 1 N–H and O–H groups in total. The fourth-order valence-electron chi connectivity index (χ4n) is 2.28. The van der Waals surface area contributed by atoms with Crippen LogP contribution in [0.5, 0.6) is 0 Å². The molecule has 5 nitrogen and oxygen atoms in total. The number of aromatic nitrogens is 2. The average molecular weight is 386 g/mol. The Morgan fingerprint density at radius 2 is 1.52 bits per heavy atom. The molecule has 0 spiro atoms. The van der Waals surface area contributed by atoms with Crippen LogP contribution in [0.1, 0.15) is 55.0 Å². The van der Waals surface area contributed by atoms with Gasteiger partial charge in [0.25, 0.3) is 0 Å². The summed E-state index contributed by atoms with van der Waals surface area (Å²) in [6.45, 7) is 13.3. The molecule has 0 radical (unpaired) electrons. The minimum absolute atomic E-state index is 0.00757. The van der Waals surface area contributed by atoms with Gasteiger partial charge in [0.1, 0.15) is 0 Å². The molecule has 0 unspecified atom stereocenters. The fraction of sp³-hybridized carbons (Fsp3) is 0.429. The van der Waals surface area contributed by atoms with E-state index < -0.39 is 5.41 Å². The molecule has 27 heavy (non-hydrogen) atoms. The van der Waals surface area contributed by atoms with Gasteiger partial charge >= 0.3 is 0 Å². The Morgan fingerprint density at radius 3 is 2.00 bits per heavy atom. The first-order valence-electron chi connectivity index (χ1n) is 8.93. The van der Waals surface area contributed by atoms with E-state index in [1.165, 1.54) is 11.8 Å². The van der Waals surface area contributed by atoms with Gasteiger partial charge in [-0.3, -0.25) is 9.59 Å². The molecule has 0 aliphatic carbocycles. The molecule has 1 aromatic heterocycles. The zero-order valence-corrected chi connectivity index (χ0v) is 17.8. The predicted octanol–water partition coefficient (Wildman–Crippen LogP) is 4.75. The molecular weight excluding hydrogens is 358 g/mol. The zero-order valence-electron chi connectivity index (χ0n) is 17.0. The summed E-state index contributed by atoms with van der Waals surface area (Å²) in [6, 6.07) is 6.99. The third kappa shape index (κ3) is 5.39. The van der Waals surface area contributed by atoms with E-state index in [0.717, 1.165) is 17.0 Å². The number of Topliss-reactive ketones (excluding diaryl/α,β-unsaturated/α-hetero) is 1. The topological polar surface area (TPSA) is 72.0 Å². The van der Waals surface area contributed by atoms with Crippen LogP contribution < -0.4 is 5.32 Å². The van der Waals surface area contributed by atoms with Crippen molar-refractivity contribution in [1.29, 1.82) is 0 Å². The average Bonchev–Trinajstić information content (AvgIpc) is 2.58. The number of rotatable bonds is 5. The SMILES string of the molecule is Cc1nc(S[C@@H](C)C(=O)c2ccc(NC(=O)C(C)(C)C)cc2)nc(C)c1C. The van der Waals surface area contributed by atoms with Gasteiger partial charge in [-0.05, 0) is 57.5 Å². The van der Waals surface area contributed by atoms with Crippen molar-refractivity contribution in [2.45, 2.75) is 58.9 Å². The van der Waals surface area contributed by atoms with Crippen LogP contribution in [0.15, 0.2) is 29.4 Å². The van der Waals surface area contributed by atoms with Crippen LogP contribution >= 0.6 is 11.8 Å². The van der Waals surface area contributed by atoms with E-state index in [4.69, 9.17) is 0 Å². The highest BCUT2D eigenvalue weighted by Gasteiger charge is 2.22. The number of nitrogens with zero attached hydrogens (tertiary/aromatic N) is 2. The minimum atomic E-state index is -0.468. The summed E-state index contributed by atoms with van der Waals surface area (Å²) >= 11 is 1.36. The molecule has 0 bridgehead atoms. The lowest BCUT2D eigenvalue weighted by Gasteiger charge is -2.18. The molecular formula is C21H27N3O2S. The number of hydrogen-bond donors (Lipinski definition) is 1. The summed E-state index contributed by atoms with van der Waals surface area (Å²) < 4.78 is 0. The predicted molar refractivity (Wildman–Crippen MR) is 110 cm³/mol. The van der Waals surface area contributed by atoms with Crippen molar-refractivity contribution in [3.05, 3.63) is 46.8 Å². The van der Waals surface area contributed by atoms with Crippen molar-refractivity contribution < 1.29 is 9.59 Å². The Kier molecular flexibility index (Phi) is 6.42. The summed E-state index contributed by atoms with van der Waals surface area (Å²) in [7, 11) is 0. The number of ketones is 1. The smallest absolute Gasteiger partial charge is 0.229 e. The Morgan fingerprint density at radius 1 is 1.00 bits per heavy atom. The Balaban J connectivity index is 2.07. The van der Waals surface area contributed by atoms with Gasteiger partial charge in [-0.15, -0.1) is 0 Å². The maximum Gasteiger partial charge on any atom is 0.229 e. The molecule has 1 aromatic carbocycles. The van der Waals surface area contributed by atoms with Crippen molar-refractivity contribution in [2.75, 3.05) is 5.32 Å². The molecule has 6 heteroatoms. The first kappa shape index (κ1) is 21.1. The Labute approximate surface area is 165 Å². The standard InChI is InChI=1S/C21H27N3O2S/c1-12-13(2)22-20(23-14(12)3)27-15(4)18(25)16-8-10-17(11-9-16)24-19(26)21(5,6)7/h8-11,15H,1-7H3,(H,24,26)/t15-/m0/s1. The van der Waals surface area contributed by atoms with E-state index in [9.17, 15) is 9.59 Å². The van der Waals surface area contributed by atoms with Gasteiger partial charge in [-0.2, -0.15) is 0 Å². The van der Waals surface area contributed by atoms with Gasteiger partial charge in [0.15, 0.2) is 10.9 Å². The second kappa shape index (κ2) is 8.21. The number of nitrogens with one attached hydrogen (secondary N) is 1. The molecule has 2 rings (SSSR count). The summed E-state index contributed by atoms with van der Waals surface area (Å²) in [5, 5.41) is 3.17. The third-order valence-electron chi connectivity index (χ3n) is 4.37. The van der Waals surface area contributed by atoms with E-state index >= 15 is 0 Å². The van der Waals surface area contributed by atoms with Crippen LogP contribution in [0.4, 0.5) is 5.69 Å². The lowest BCUT2D eigenvalue weighted by atomic mass is 9.95. The molecule has 2 aromatic rings. The molecule has 1 atom stereocenters. The fourth-order valence-corrected chi connectivity index (χ4v) is 3.22. The number of carbonyl (C=O) groups excluding carboxylic acids is 2. The number of thioether (sulfide) groups is 1. The minimum Gasteiger partial charge on any atom is -0.326 e. The normalized spacial score (nSPS) is 12.6. The Bertz CT molecular complexity index is 832. The van der Waals surface area contributed by atoms with Crippen molar-refractivity contribution in [3.8, 4) is 0 Å². The van der Waals surface area contributed by atoms with Crippen molar-refractivity contribution in [3.63, 3.8) is 0 Å². The van der Waals surface area contributed by atoms with Gasteiger partial charge in [-0.25, -0.2) is 9.97 Å². The van der Waals surface area contributed by atoms with Gasteiger partial charge in [-0.1, -0.05) is 32.5 Å². The highest BCUT2D eigenvalue weighted by molar-refractivity contribution is 8.00. The Hall–Kier alpha value is -2.21.